The largest absolute Gasteiger partial charge is 0.496 e. The van der Waals surface area contributed by atoms with E-state index in [1.165, 1.54) is 0 Å². The lowest BCUT2D eigenvalue weighted by Gasteiger charge is -2.37. The average molecular weight is 416 g/mol. The van der Waals surface area contributed by atoms with Gasteiger partial charge >= 0.3 is 0 Å². The van der Waals surface area contributed by atoms with E-state index >= 15 is 0 Å². The lowest BCUT2D eigenvalue weighted by Crippen LogP contribution is -2.48. The first-order valence-electron chi connectivity index (χ1n) is 9.66. The van der Waals surface area contributed by atoms with Gasteiger partial charge in [-0.05, 0) is 36.2 Å². The molecule has 7 heteroatoms. The van der Waals surface area contributed by atoms with Crippen molar-refractivity contribution in [3.63, 3.8) is 0 Å². The maximum absolute atomic E-state index is 13.4. The molecule has 2 aromatic rings. The zero-order chi connectivity index (χ0) is 19.7. The average Bonchev–Trinajstić information content (AvgIpc) is 3.16. The van der Waals surface area contributed by atoms with E-state index in [1.54, 1.807) is 18.9 Å². The fourth-order valence-corrected chi connectivity index (χ4v) is 4.19. The number of methoxy groups -OCH3 is 1. The number of carbonyl (C=O) groups excluding carboxylic acids is 2. The summed E-state index contributed by atoms with van der Waals surface area (Å²) in [6.45, 7) is 4.35. The monoisotopic (exact) mass is 415 g/mol. The highest BCUT2D eigenvalue weighted by atomic mass is 35.5. The molecule has 0 radical (unpaired) electrons. The summed E-state index contributed by atoms with van der Waals surface area (Å²) in [5.74, 6) is 0.845. The van der Waals surface area contributed by atoms with Gasteiger partial charge in [0.05, 0.1) is 13.2 Å². The molecule has 2 aliphatic heterocycles. The Bertz CT molecular complexity index is 918. The molecule has 1 atom stereocenters. The summed E-state index contributed by atoms with van der Waals surface area (Å²) < 4.78 is 5.52. The van der Waals surface area contributed by atoms with Gasteiger partial charge in [-0.2, -0.15) is 0 Å². The van der Waals surface area contributed by atoms with Gasteiger partial charge in [0, 0.05) is 49.9 Å². The number of ether oxygens (including phenoxy) is 1. The molecule has 2 amide bonds. The van der Waals surface area contributed by atoms with Crippen LogP contribution in [0.25, 0.3) is 0 Å². The van der Waals surface area contributed by atoms with E-state index in [1.807, 2.05) is 47.4 Å². The number of fused-ring (bicyclic) bond motifs is 1. The van der Waals surface area contributed by atoms with Gasteiger partial charge in [0.15, 0.2) is 0 Å². The number of amides is 2. The van der Waals surface area contributed by atoms with E-state index in [0.717, 1.165) is 35.5 Å². The first kappa shape index (κ1) is 21.1. The highest BCUT2D eigenvalue weighted by Gasteiger charge is 2.31. The van der Waals surface area contributed by atoms with E-state index in [2.05, 4.69) is 5.32 Å². The third-order valence-electron chi connectivity index (χ3n) is 5.60. The molecule has 2 aliphatic rings. The minimum atomic E-state index is -0.0839. The molecular weight excluding hydrogens is 390 g/mol. The number of para-hydroxylation sites is 1. The summed E-state index contributed by atoms with van der Waals surface area (Å²) in [6, 6.07) is 13.5. The molecular formula is C22H26ClN3O3. The van der Waals surface area contributed by atoms with Crippen molar-refractivity contribution in [2.75, 3.05) is 38.2 Å². The van der Waals surface area contributed by atoms with Crippen LogP contribution in [0.2, 0.25) is 0 Å². The number of nitrogens with zero attached hydrogens (tertiary/aromatic N) is 2. The summed E-state index contributed by atoms with van der Waals surface area (Å²) in [6.07, 6.45) is 0.785. The van der Waals surface area contributed by atoms with Gasteiger partial charge in [0.1, 0.15) is 5.75 Å². The van der Waals surface area contributed by atoms with Crippen LogP contribution in [0, 0.1) is 0 Å². The van der Waals surface area contributed by atoms with Crippen LogP contribution in [-0.2, 0) is 11.2 Å². The Hall–Kier alpha value is -2.57. The smallest absolute Gasteiger partial charge is 0.254 e. The fraction of sp³-hybridized carbons (Fsp3) is 0.364. The number of benzene rings is 2. The highest BCUT2D eigenvalue weighted by Crippen LogP contribution is 2.33. The van der Waals surface area contributed by atoms with E-state index in [-0.39, 0.29) is 30.3 Å². The van der Waals surface area contributed by atoms with Crippen LogP contribution < -0.4 is 15.0 Å². The molecule has 0 aromatic heterocycles. The quantitative estimate of drug-likeness (QED) is 0.837. The van der Waals surface area contributed by atoms with Crippen LogP contribution in [0.4, 0.5) is 5.69 Å². The molecule has 6 nitrogen and oxygen atoms in total. The zero-order valence-electron chi connectivity index (χ0n) is 16.7. The highest BCUT2D eigenvalue weighted by molar-refractivity contribution is 5.98. The van der Waals surface area contributed by atoms with Crippen LogP contribution in [-0.4, -0.2) is 50.0 Å². The van der Waals surface area contributed by atoms with Crippen LogP contribution in [0.15, 0.2) is 42.5 Å². The van der Waals surface area contributed by atoms with Gasteiger partial charge in [-0.25, -0.2) is 0 Å². The number of hydrogen-bond donors (Lipinski definition) is 1. The van der Waals surface area contributed by atoms with Crippen molar-refractivity contribution in [3.8, 4) is 5.75 Å². The Kier molecular flexibility index (Phi) is 6.45. The van der Waals surface area contributed by atoms with Crippen molar-refractivity contribution >= 4 is 29.9 Å². The molecule has 1 saturated heterocycles. The number of nitrogens with one attached hydrogen (secondary N) is 1. The molecule has 2 heterocycles. The van der Waals surface area contributed by atoms with E-state index < -0.39 is 0 Å². The standard InChI is InChI=1S/C22H25N3O3.ClH/c1-15(26)24-11-9-16-13-17(7-8-19(16)24)22(27)25-12-10-23-14-20(25)18-5-3-4-6-21(18)28-2;/h3-8,13,20,23H,9-12,14H2,1-2H3;1H. The van der Waals surface area contributed by atoms with Gasteiger partial charge in [0.2, 0.25) is 5.91 Å². The van der Waals surface area contributed by atoms with Crippen LogP contribution in [0.3, 0.4) is 0 Å². The molecule has 1 N–H and O–H groups in total. The maximum atomic E-state index is 13.4. The number of halogens is 1. The predicted molar refractivity (Wildman–Crippen MR) is 115 cm³/mol. The first-order chi connectivity index (χ1) is 13.6. The molecule has 1 unspecified atom stereocenters. The van der Waals surface area contributed by atoms with Crippen molar-refractivity contribution in [2.24, 2.45) is 0 Å². The Balaban J connectivity index is 0.00000240. The number of carbonyl (C=O) groups is 2. The summed E-state index contributed by atoms with van der Waals surface area (Å²) in [4.78, 5) is 28.8. The van der Waals surface area contributed by atoms with Crippen molar-refractivity contribution < 1.29 is 14.3 Å². The minimum Gasteiger partial charge on any atom is -0.496 e. The van der Waals surface area contributed by atoms with Crippen LogP contribution in [0.5, 0.6) is 5.75 Å². The number of piperazine rings is 1. The maximum Gasteiger partial charge on any atom is 0.254 e. The van der Waals surface area contributed by atoms with E-state index in [9.17, 15) is 9.59 Å². The Morgan fingerprint density at radius 3 is 2.69 bits per heavy atom. The minimum absolute atomic E-state index is 0. The zero-order valence-corrected chi connectivity index (χ0v) is 17.5. The third kappa shape index (κ3) is 3.95. The van der Waals surface area contributed by atoms with Gasteiger partial charge in [-0.3, -0.25) is 9.59 Å². The first-order valence-corrected chi connectivity index (χ1v) is 9.66. The number of rotatable bonds is 3. The number of hydrogen-bond acceptors (Lipinski definition) is 4. The molecule has 1 fully saturated rings. The molecule has 0 aliphatic carbocycles. The fourth-order valence-electron chi connectivity index (χ4n) is 4.19. The van der Waals surface area contributed by atoms with Crippen molar-refractivity contribution in [1.29, 1.82) is 0 Å². The second-order valence-corrected chi connectivity index (χ2v) is 7.22. The Morgan fingerprint density at radius 1 is 1.14 bits per heavy atom. The topological polar surface area (TPSA) is 61.9 Å². The van der Waals surface area contributed by atoms with Crippen molar-refractivity contribution in [2.45, 2.75) is 19.4 Å². The molecule has 0 saturated carbocycles. The van der Waals surface area contributed by atoms with Gasteiger partial charge in [-0.15, -0.1) is 12.4 Å². The van der Waals surface area contributed by atoms with Gasteiger partial charge < -0.3 is 19.9 Å². The predicted octanol–water partition coefficient (Wildman–Crippen LogP) is 2.81. The van der Waals surface area contributed by atoms with E-state index in [0.29, 0.717) is 25.2 Å². The van der Waals surface area contributed by atoms with Crippen LogP contribution >= 0.6 is 12.4 Å². The molecule has 29 heavy (non-hydrogen) atoms. The van der Waals surface area contributed by atoms with Crippen molar-refractivity contribution in [1.82, 2.24) is 10.2 Å². The lowest BCUT2D eigenvalue weighted by atomic mass is 10.00. The second kappa shape index (κ2) is 8.84. The number of anilines is 1. The summed E-state index contributed by atoms with van der Waals surface area (Å²) in [7, 11) is 1.66. The molecule has 154 valence electrons. The second-order valence-electron chi connectivity index (χ2n) is 7.22. The van der Waals surface area contributed by atoms with E-state index in [4.69, 9.17) is 4.74 Å². The summed E-state index contributed by atoms with van der Waals surface area (Å²) >= 11 is 0. The Morgan fingerprint density at radius 2 is 1.93 bits per heavy atom. The molecule has 4 rings (SSSR count). The van der Waals surface area contributed by atoms with Crippen molar-refractivity contribution in [3.05, 3.63) is 59.2 Å². The molecule has 2 aromatic carbocycles. The summed E-state index contributed by atoms with van der Waals surface area (Å²) in [5.41, 5.74) is 3.66. The third-order valence-corrected chi connectivity index (χ3v) is 5.60. The SMILES string of the molecule is COc1ccccc1C1CNCCN1C(=O)c1ccc2c(c1)CCN2C(C)=O.Cl. The normalized spacial score (nSPS) is 18.1. The lowest BCUT2D eigenvalue weighted by molar-refractivity contribution is -0.116. The van der Waals surface area contributed by atoms with Gasteiger partial charge in [0.25, 0.3) is 5.91 Å². The van der Waals surface area contributed by atoms with Gasteiger partial charge in [-0.1, -0.05) is 18.2 Å². The molecule has 0 bridgehead atoms. The summed E-state index contributed by atoms with van der Waals surface area (Å²) in [5, 5.41) is 3.39. The Labute approximate surface area is 177 Å². The van der Waals surface area contributed by atoms with Crippen LogP contribution in [0.1, 0.15) is 34.5 Å². The molecule has 0 spiro atoms.